The molecule has 36 heavy (non-hydrogen) atoms. The van der Waals surface area contributed by atoms with E-state index in [1.54, 1.807) is 27.1 Å². The summed E-state index contributed by atoms with van der Waals surface area (Å²) in [5.41, 5.74) is 2.83. The molecule has 1 unspecified atom stereocenters. The molecule has 0 heterocycles. The molecule has 0 aromatic heterocycles. The Hall–Kier alpha value is -3.28. The van der Waals surface area contributed by atoms with Crippen LogP contribution in [0.15, 0.2) is 29.0 Å². The molecule has 0 radical (unpaired) electrons. The molecular formula is C25H30FN3O7. The minimum atomic E-state index is -2.67. The first-order valence-electron chi connectivity index (χ1n) is 11.6. The first-order valence-corrected chi connectivity index (χ1v) is 11.6. The number of aromatic hydroxyl groups is 1. The lowest BCUT2D eigenvalue weighted by Crippen LogP contribution is -2.65. The number of nitrogens with one attached hydrogen (secondary N) is 1. The summed E-state index contributed by atoms with van der Waals surface area (Å²) in [7, 11) is 3.09. The van der Waals surface area contributed by atoms with Crippen LogP contribution in [-0.4, -0.2) is 81.3 Å². The highest BCUT2D eigenvalue weighted by Gasteiger charge is 2.64. The number of hydrogen-bond donors (Lipinski definition) is 6. The van der Waals surface area contributed by atoms with Crippen molar-refractivity contribution in [3.63, 3.8) is 0 Å². The maximum Gasteiger partial charge on any atom is 0.255 e. The number of primary amides is 1. The molecule has 0 bridgehead atoms. The summed E-state index contributed by atoms with van der Waals surface area (Å²) in [6, 6.07) is 1.43. The summed E-state index contributed by atoms with van der Waals surface area (Å²) in [4.78, 5) is 40.3. The Morgan fingerprint density at radius 3 is 2.53 bits per heavy atom. The summed E-state index contributed by atoms with van der Waals surface area (Å²) in [6.07, 6.45) is 0.194. The van der Waals surface area contributed by atoms with Gasteiger partial charge in [-0.2, -0.15) is 0 Å². The Kier molecular flexibility index (Phi) is 6.44. The summed E-state index contributed by atoms with van der Waals surface area (Å²) in [6.45, 7) is 1.33. The van der Waals surface area contributed by atoms with Crippen LogP contribution in [0.25, 0.3) is 5.76 Å². The molecule has 0 aliphatic heterocycles. The Balaban J connectivity index is 1.89. The van der Waals surface area contributed by atoms with Crippen LogP contribution in [0.2, 0.25) is 0 Å². The van der Waals surface area contributed by atoms with Crippen LogP contribution in [0, 0.1) is 11.8 Å². The smallest absolute Gasteiger partial charge is 0.255 e. The Bertz CT molecular complexity index is 1220. The zero-order valence-corrected chi connectivity index (χ0v) is 20.2. The number of Topliss-reactive ketones (excluding diaryl/α,β-unsaturated/α-hetero) is 2. The van der Waals surface area contributed by atoms with Gasteiger partial charge < -0.3 is 31.5 Å². The van der Waals surface area contributed by atoms with E-state index >= 15 is 0 Å². The number of benzene rings is 1. The summed E-state index contributed by atoms with van der Waals surface area (Å²) in [5, 5.41) is 47.2. The zero-order valence-electron chi connectivity index (χ0n) is 20.2. The third kappa shape index (κ3) is 3.61. The molecule has 5 atom stereocenters. The van der Waals surface area contributed by atoms with E-state index in [1.807, 2.05) is 0 Å². The molecule has 7 N–H and O–H groups in total. The minimum Gasteiger partial charge on any atom is -0.508 e. The molecular weight excluding hydrogens is 473 g/mol. The lowest BCUT2D eigenvalue weighted by atomic mass is 9.57. The van der Waals surface area contributed by atoms with Crippen LogP contribution in [0.1, 0.15) is 30.0 Å². The van der Waals surface area contributed by atoms with Gasteiger partial charge in [-0.25, -0.2) is 4.39 Å². The Labute approximate surface area is 206 Å². The van der Waals surface area contributed by atoms with E-state index in [-0.39, 0.29) is 36.3 Å². The van der Waals surface area contributed by atoms with Crippen LogP contribution in [0.3, 0.4) is 0 Å². The monoisotopic (exact) mass is 503 g/mol. The average Bonchev–Trinajstić information content (AvgIpc) is 2.80. The predicted octanol–water partition coefficient (Wildman–Crippen LogP) is 0.412. The second-order valence-corrected chi connectivity index (χ2v) is 10.00. The molecule has 1 saturated carbocycles. The molecule has 10 nitrogen and oxygen atoms in total. The summed E-state index contributed by atoms with van der Waals surface area (Å²) < 4.78 is 13.0. The third-order valence-corrected chi connectivity index (χ3v) is 7.57. The fourth-order valence-electron chi connectivity index (χ4n) is 5.81. The van der Waals surface area contributed by atoms with Gasteiger partial charge >= 0.3 is 0 Å². The molecule has 194 valence electrons. The van der Waals surface area contributed by atoms with Crippen molar-refractivity contribution < 1.29 is 39.2 Å². The van der Waals surface area contributed by atoms with Crippen LogP contribution in [0.4, 0.5) is 4.39 Å². The van der Waals surface area contributed by atoms with Gasteiger partial charge in [0.1, 0.15) is 29.5 Å². The number of alkyl halides is 1. The third-order valence-electron chi connectivity index (χ3n) is 7.57. The number of aliphatic hydroxyl groups excluding tert-OH is 2. The number of fused-ring (bicyclic) bond motifs is 3. The first kappa shape index (κ1) is 25.8. The van der Waals surface area contributed by atoms with Crippen molar-refractivity contribution in [1.82, 2.24) is 10.2 Å². The Morgan fingerprint density at radius 2 is 1.94 bits per heavy atom. The fourth-order valence-corrected chi connectivity index (χ4v) is 5.81. The van der Waals surface area contributed by atoms with Crippen molar-refractivity contribution in [2.24, 2.45) is 17.6 Å². The fraction of sp³-hybridized carbons (Fsp3) is 0.480. The van der Waals surface area contributed by atoms with E-state index in [2.05, 4.69) is 5.32 Å². The maximum atomic E-state index is 13.8. The number of rotatable bonds is 6. The molecule has 11 heteroatoms. The highest BCUT2D eigenvalue weighted by molar-refractivity contribution is 6.24. The number of nitrogens with two attached hydrogens (primary N) is 1. The molecule has 3 aliphatic rings. The SMILES string of the molecule is CC(CF)NCc1ccc(O)c2c1C[C@H]1C[C@H]3[C@H](N(C)C)C(=O)C(C(N)=O)=C(O)[C@@]3(O)C(=O)C1=C2O. The van der Waals surface area contributed by atoms with Gasteiger partial charge in [0.15, 0.2) is 11.4 Å². The minimum absolute atomic E-state index is 0.00910. The van der Waals surface area contributed by atoms with E-state index < -0.39 is 70.8 Å². The number of aliphatic hydroxyl groups is 3. The van der Waals surface area contributed by atoms with Crippen LogP contribution in [0.5, 0.6) is 5.75 Å². The molecule has 1 amide bonds. The topological polar surface area (TPSA) is 173 Å². The van der Waals surface area contributed by atoms with Gasteiger partial charge in [0, 0.05) is 24.1 Å². The maximum absolute atomic E-state index is 13.8. The highest BCUT2D eigenvalue weighted by Crippen LogP contribution is 2.52. The van der Waals surface area contributed by atoms with Crippen molar-refractivity contribution in [2.45, 2.75) is 44.0 Å². The Morgan fingerprint density at radius 1 is 1.28 bits per heavy atom. The molecule has 0 spiro atoms. The lowest BCUT2D eigenvalue weighted by molar-refractivity contribution is -0.153. The summed E-state index contributed by atoms with van der Waals surface area (Å²) >= 11 is 0. The van der Waals surface area contributed by atoms with Crippen LogP contribution < -0.4 is 11.1 Å². The largest absolute Gasteiger partial charge is 0.508 e. The number of carbonyl (C=O) groups is 3. The average molecular weight is 504 g/mol. The van der Waals surface area contributed by atoms with E-state index in [0.29, 0.717) is 11.1 Å². The number of nitrogens with zero attached hydrogens (tertiary/aromatic N) is 1. The van der Waals surface area contributed by atoms with E-state index in [4.69, 9.17) is 5.73 Å². The van der Waals surface area contributed by atoms with Gasteiger partial charge in [-0.15, -0.1) is 0 Å². The second-order valence-electron chi connectivity index (χ2n) is 10.00. The number of hydrogen-bond acceptors (Lipinski definition) is 9. The second kappa shape index (κ2) is 8.99. The first-order chi connectivity index (χ1) is 16.9. The number of phenolic OH excluding ortho intramolecular Hbond substituents is 1. The number of phenols is 1. The quantitative estimate of drug-likeness (QED) is 0.301. The van der Waals surface area contributed by atoms with Crippen molar-refractivity contribution >= 4 is 23.2 Å². The molecule has 1 fully saturated rings. The van der Waals surface area contributed by atoms with Gasteiger partial charge in [-0.3, -0.25) is 19.3 Å². The number of likely N-dealkylation sites (N-methyl/N-ethyl adjacent to an activating group) is 1. The van der Waals surface area contributed by atoms with E-state index in [0.717, 1.165) is 0 Å². The van der Waals surface area contributed by atoms with Gasteiger partial charge in [0.2, 0.25) is 5.78 Å². The number of ketones is 2. The van der Waals surface area contributed by atoms with Gasteiger partial charge in [0.25, 0.3) is 5.91 Å². The van der Waals surface area contributed by atoms with Crippen molar-refractivity contribution in [1.29, 1.82) is 0 Å². The van der Waals surface area contributed by atoms with Crippen molar-refractivity contribution in [3.05, 3.63) is 45.7 Å². The standard InChI is InChI=1S/C25H30FN3O7/c1-10(8-26)28-9-11-4-5-15(30)17-13(11)6-12-7-14-19(29(2)3)21(32)18(24(27)35)23(34)25(14,36)22(33)16(12)20(17)31/h4-5,10,12,14,19,28,30-31,34,36H,6-9H2,1-3H3,(H2,27,35)/t10?,12-,14-,19-,25-/m0/s1. The van der Waals surface area contributed by atoms with Crippen LogP contribution in [-0.2, 0) is 27.3 Å². The van der Waals surface area contributed by atoms with Gasteiger partial charge in [-0.1, -0.05) is 6.07 Å². The van der Waals surface area contributed by atoms with Crippen molar-refractivity contribution in [2.75, 3.05) is 20.8 Å². The molecule has 4 rings (SSSR count). The predicted molar refractivity (Wildman–Crippen MR) is 127 cm³/mol. The normalized spacial score (nSPS) is 28.7. The molecule has 1 aromatic carbocycles. The van der Waals surface area contributed by atoms with E-state index in [1.165, 1.54) is 11.0 Å². The number of carbonyl (C=O) groups excluding carboxylic acids is 3. The molecule has 0 saturated heterocycles. The number of halogens is 1. The van der Waals surface area contributed by atoms with Crippen molar-refractivity contribution in [3.8, 4) is 5.75 Å². The zero-order chi connectivity index (χ0) is 26.7. The number of amides is 1. The lowest BCUT2D eigenvalue weighted by Gasteiger charge is -2.50. The summed E-state index contributed by atoms with van der Waals surface area (Å²) in [5.74, 6) is -6.91. The highest BCUT2D eigenvalue weighted by atomic mass is 19.1. The van der Waals surface area contributed by atoms with E-state index in [9.17, 15) is 39.2 Å². The van der Waals surface area contributed by atoms with Crippen LogP contribution >= 0.6 is 0 Å². The molecule has 3 aliphatic carbocycles. The van der Waals surface area contributed by atoms with Gasteiger partial charge in [0.05, 0.1) is 11.6 Å². The molecule has 1 aromatic rings. The van der Waals surface area contributed by atoms with Gasteiger partial charge in [-0.05, 0) is 57.0 Å².